The molecule has 7 heteroatoms. The van der Waals surface area contributed by atoms with Gasteiger partial charge in [0.15, 0.2) is 0 Å². The Hall–Kier alpha value is -2.83. The minimum absolute atomic E-state index is 0.0288. The highest BCUT2D eigenvalue weighted by Gasteiger charge is 2.36. The van der Waals surface area contributed by atoms with E-state index in [9.17, 15) is 9.59 Å². The number of hydrazone groups is 1. The van der Waals surface area contributed by atoms with Gasteiger partial charge in [0.25, 0.3) is 0 Å². The molecule has 1 fully saturated rings. The summed E-state index contributed by atoms with van der Waals surface area (Å²) >= 11 is 0. The molecule has 1 aromatic carbocycles. The van der Waals surface area contributed by atoms with E-state index in [0.29, 0.717) is 19.4 Å². The molecule has 1 saturated carbocycles. The number of benzene rings is 1. The van der Waals surface area contributed by atoms with Gasteiger partial charge < -0.3 is 4.90 Å². The number of fused-ring (bicyclic) bond motifs is 1. The van der Waals surface area contributed by atoms with E-state index in [1.54, 1.807) is 11.1 Å². The summed E-state index contributed by atoms with van der Waals surface area (Å²) < 4.78 is 0. The quantitative estimate of drug-likeness (QED) is 0.644. The first-order valence-corrected chi connectivity index (χ1v) is 10.1. The van der Waals surface area contributed by atoms with E-state index in [1.165, 1.54) is 19.3 Å². The minimum atomic E-state index is -0.429. The molecule has 3 aliphatic rings. The third-order valence-corrected chi connectivity index (χ3v) is 5.58. The maximum atomic E-state index is 12.9. The molecular formula is C21H25N5O2. The number of likely N-dealkylation sites (N-methyl/N-ethyl adjacent to an activating group) is 1. The van der Waals surface area contributed by atoms with E-state index >= 15 is 0 Å². The largest absolute Gasteiger partial charge is 0.312 e. The summed E-state index contributed by atoms with van der Waals surface area (Å²) in [6.07, 6.45) is 8.31. The lowest BCUT2D eigenvalue weighted by molar-refractivity contribution is -0.121. The van der Waals surface area contributed by atoms with Crippen LogP contribution in [0.15, 0.2) is 33.5 Å². The lowest BCUT2D eigenvalue weighted by atomic mass is 9.96. The number of hydrogen-bond acceptors (Lipinski definition) is 5. The Morgan fingerprint density at radius 2 is 2.00 bits per heavy atom. The van der Waals surface area contributed by atoms with Crippen molar-refractivity contribution in [1.29, 1.82) is 0 Å². The molecule has 2 amide bonds. The van der Waals surface area contributed by atoms with Crippen molar-refractivity contribution in [3.8, 4) is 0 Å². The number of nitrogens with one attached hydrogen (secondary N) is 1. The lowest BCUT2D eigenvalue weighted by Gasteiger charge is -2.16. The van der Waals surface area contributed by atoms with Crippen LogP contribution < -0.4 is 10.3 Å². The zero-order chi connectivity index (χ0) is 19.5. The molecule has 7 nitrogen and oxygen atoms in total. The van der Waals surface area contributed by atoms with E-state index in [-0.39, 0.29) is 11.8 Å². The van der Waals surface area contributed by atoms with Crippen LogP contribution in [0.4, 0.5) is 5.69 Å². The van der Waals surface area contributed by atoms with Crippen LogP contribution >= 0.6 is 0 Å². The number of amides is 2. The molecule has 0 aromatic heterocycles. The molecule has 0 radical (unpaired) electrons. The van der Waals surface area contributed by atoms with Crippen LogP contribution in [0.2, 0.25) is 0 Å². The summed E-state index contributed by atoms with van der Waals surface area (Å²) in [4.78, 5) is 26.0. The van der Waals surface area contributed by atoms with Crippen LogP contribution in [-0.2, 0) is 9.59 Å². The van der Waals surface area contributed by atoms with Crippen LogP contribution in [0.1, 0.15) is 68.9 Å². The second kappa shape index (κ2) is 8.04. The van der Waals surface area contributed by atoms with Crippen molar-refractivity contribution in [2.24, 2.45) is 15.3 Å². The van der Waals surface area contributed by atoms with E-state index in [2.05, 4.69) is 20.7 Å². The summed E-state index contributed by atoms with van der Waals surface area (Å²) in [5.74, 6) is -0.466. The fourth-order valence-electron chi connectivity index (χ4n) is 4.04. The van der Waals surface area contributed by atoms with E-state index in [0.717, 1.165) is 41.1 Å². The summed E-state index contributed by atoms with van der Waals surface area (Å²) in [6, 6.07) is 5.93. The molecule has 0 bridgehead atoms. The normalized spacial score (nSPS) is 22.3. The molecule has 0 spiro atoms. The molecule has 0 saturated heterocycles. The van der Waals surface area contributed by atoms with Crippen molar-refractivity contribution in [2.75, 3.05) is 11.4 Å². The first kappa shape index (κ1) is 18.5. The van der Waals surface area contributed by atoms with Gasteiger partial charge in [0.05, 0.1) is 5.71 Å². The summed E-state index contributed by atoms with van der Waals surface area (Å²) in [5.41, 5.74) is 7.27. The van der Waals surface area contributed by atoms with Crippen LogP contribution in [0.5, 0.6) is 0 Å². The van der Waals surface area contributed by atoms with Crippen molar-refractivity contribution >= 4 is 35.1 Å². The zero-order valence-corrected chi connectivity index (χ0v) is 16.1. The van der Waals surface area contributed by atoms with Crippen LogP contribution in [0.25, 0.3) is 0 Å². The number of hydrogen-bond donors (Lipinski definition) is 1. The summed E-state index contributed by atoms with van der Waals surface area (Å²) in [6.45, 7) is 2.58. The van der Waals surface area contributed by atoms with Crippen LogP contribution in [0, 0.1) is 0 Å². The van der Waals surface area contributed by atoms with Gasteiger partial charge in [0.2, 0.25) is 11.8 Å². The molecule has 146 valence electrons. The van der Waals surface area contributed by atoms with Crippen LogP contribution in [0.3, 0.4) is 0 Å². The number of rotatable bonds is 4. The topological polar surface area (TPSA) is 86.5 Å². The summed E-state index contributed by atoms with van der Waals surface area (Å²) in [5, 5.41) is 12.8. The summed E-state index contributed by atoms with van der Waals surface area (Å²) in [7, 11) is 0. The monoisotopic (exact) mass is 379 g/mol. The Labute approximate surface area is 164 Å². The Bertz CT molecular complexity index is 879. The van der Waals surface area contributed by atoms with Crippen molar-refractivity contribution in [1.82, 2.24) is 5.43 Å². The molecule has 1 atom stereocenters. The predicted octanol–water partition coefficient (Wildman–Crippen LogP) is 3.14. The van der Waals surface area contributed by atoms with E-state index in [4.69, 9.17) is 0 Å². The highest BCUT2D eigenvalue weighted by atomic mass is 16.2. The molecular weight excluding hydrogens is 354 g/mol. The first-order chi connectivity index (χ1) is 13.7. The van der Waals surface area contributed by atoms with Gasteiger partial charge in [0, 0.05) is 37.0 Å². The third-order valence-electron chi connectivity index (χ3n) is 5.58. The van der Waals surface area contributed by atoms with Crippen molar-refractivity contribution < 1.29 is 9.59 Å². The molecule has 1 N–H and O–H groups in total. The zero-order valence-electron chi connectivity index (χ0n) is 16.1. The van der Waals surface area contributed by atoms with E-state index in [1.807, 2.05) is 25.1 Å². The number of anilines is 1. The maximum absolute atomic E-state index is 12.9. The molecule has 1 aliphatic carbocycles. The average Bonchev–Trinajstić information content (AvgIpc) is 2.99. The highest BCUT2D eigenvalue weighted by molar-refractivity contribution is 6.15. The van der Waals surface area contributed by atoms with Gasteiger partial charge in [-0.3, -0.25) is 9.59 Å². The number of nitrogens with zero attached hydrogens (tertiary/aromatic N) is 4. The molecule has 4 rings (SSSR count). The standard InChI is InChI=1S/C21H25N5O2/c1-2-26-19-10-8-14(18-9-11-20(27)25-24-18)12-16(19)17(21(26)28)13-22-23-15-6-4-3-5-7-15/h8,10,12-13,17H,2-7,9,11H2,1H3,(H,25,27). The number of carbonyl (C=O) groups is 2. The maximum Gasteiger partial charge on any atom is 0.240 e. The SMILES string of the molecule is CCN1C(=O)C(C=NN=C2CCCCC2)c2cc(C3=NNC(=O)CC3)ccc21. The fraction of sp³-hybridized carbons (Fsp3) is 0.476. The predicted molar refractivity (Wildman–Crippen MR) is 110 cm³/mol. The van der Waals surface area contributed by atoms with Crippen molar-refractivity contribution in [3.63, 3.8) is 0 Å². The van der Waals surface area contributed by atoms with Gasteiger partial charge in [-0.1, -0.05) is 12.5 Å². The van der Waals surface area contributed by atoms with Crippen molar-refractivity contribution in [3.05, 3.63) is 29.3 Å². The second-order valence-corrected chi connectivity index (χ2v) is 7.42. The van der Waals surface area contributed by atoms with Gasteiger partial charge in [-0.15, -0.1) is 0 Å². The third kappa shape index (κ3) is 3.61. The highest BCUT2D eigenvalue weighted by Crippen LogP contribution is 2.37. The van der Waals surface area contributed by atoms with Gasteiger partial charge in [-0.2, -0.15) is 15.3 Å². The smallest absolute Gasteiger partial charge is 0.240 e. The van der Waals surface area contributed by atoms with Gasteiger partial charge >= 0.3 is 0 Å². The van der Waals surface area contributed by atoms with Gasteiger partial charge in [0.1, 0.15) is 5.92 Å². The fourth-order valence-corrected chi connectivity index (χ4v) is 4.04. The Morgan fingerprint density at radius 3 is 2.71 bits per heavy atom. The molecule has 1 unspecified atom stereocenters. The Balaban J connectivity index is 1.62. The van der Waals surface area contributed by atoms with E-state index < -0.39 is 5.92 Å². The average molecular weight is 379 g/mol. The lowest BCUT2D eigenvalue weighted by Crippen LogP contribution is -2.28. The Morgan fingerprint density at radius 1 is 1.18 bits per heavy atom. The van der Waals surface area contributed by atoms with Crippen LogP contribution in [-0.4, -0.2) is 36.0 Å². The first-order valence-electron chi connectivity index (χ1n) is 10.1. The second-order valence-electron chi connectivity index (χ2n) is 7.42. The molecule has 2 heterocycles. The minimum Gasteiger partial charge on any atom is -0.312 e. The van der Waals surface area contributed by atoms with Crippen molar-refractivity contribution in [2.45, 2.75) is 57.8 Å². The Kier molecular flexibility index (Phi) is 5.32. The molecule has 28 heavy (non-hydrogen) atoms. The number of carbonyl (C=O) groups excluding carboxylic acids is 2. The van der Waals surface area contributed by atoms with Gasteiger partial charge in [-0.25, -0.2) is 5.43 Å². The van der Waals surface area contributed by atoms with Gasteiger partial charge in [-0.05, 0) is 55.9 Å². The molecule has 2 aliphatic heterocycles. The molecule has 1 aromatic rings.